The first-order valence-electron chi connectivity index (χ1n) is 5.25. The van der Waals surface area contributed by atoms with Gasteiger partial charge in [0.2, 0.25) is 0 Å². The molecule has 0 saturated heterocycles. The fourth-order valence-electron chi connectivity index (χ4n) is 1.48. The molecule has 0 aliphatic heterocycles. The molecule has 2 N–H and O–H groups in total. The molecule has 1 aromatic heterocycles. The van der Waals surface area contributed by atoms with Crippen molar-refractivity contribution in [2.45, 2.75) is 19.9 Å². The van der Waals surface area contributed by atoms with Crippen LogP contribution in [0.15, 0.2) is 18.3 Å². The van der Waals surface area contributed by atoms with E-state index in [2.05, 4.69) is 17.3 Å². The zero-order valence-corrected chi connectivity index (χ0v) is 9.60. The summed E-state index contributed by atoms with van der Waals surface area (Å²) in [5.74, 6) is -0.919. The van der Waals surface area contributed by atoms with E-state index in [1.54, 1.807) is 10.8 Å². The van der Waals surface area contributed by atoms with Crippen LogP contribution in [0.1, 0.15) is 18.2 Å². The van der Waals surface area contributed by atoms with Gasteiger partial charge in [-0.25, -0.2) is 4.79 Å². The number of hydrogen-bond acceptors (Lipinski definition) is 3. The van der Waals surface area contributed by atoms with Crippen molar-refractivity contribution in [3.63, 3.8) is 0 Å². The van der Waals surface area contributed by atoms with Crippen molar-refractivity contribution in [3.05, 3.63) is 29.6 Å². The SMILES string of the molecule is CCc1nn(C)cc1CNC/C=C/C(=O)O. The van der Waals surface area contributed by atoms with Gasteiger partial charge in [-0.15, -0.1) is 0 Å². The number of aromatic nitrogens is 2. The maximum absolute atomic E-state index is 10.2. The molecular weight excluding hydrogens is 206 g/mol. The number of rotatable bonds is 6. The van der Waals surface area contributed by atoms with Gasteiger partial charge < -0.3 is 10.4 Å². The molecule has 0 fully saturated rings. The van der Waals surface area contributed by atoms with Crippen LogP contribution in [0.5, 0.6) is 0 Å². The number of carbonyl (C=O) groups is 1. The Morgan fingerprint density at radius 2 is 2.44 bits per heavy atom. The molecule has 0 spiro atoms. The van der Waals surface area contributed by atoms with Crippen LogP contribution in [0.25, 0.3) is 0 Å². The average molecular weight is 223 g/mol. The third-order valence-electron chi connectivity index (χ3n) is 2.16. The van der Waals surface area contributed by atoms with E-state index in [-0.39, 0.29) is 0 Å². The van der Waals surface area contributed by atoms with Gasteiger partial charge in [0.25, 0.3) is 0 Å². The Bertz CT molecular complexity index is 383. The third kappa shape index (κ3) is 3.86. The molecule has 1 aromatic rings. The second kappa shape index (κ2) is 6.07. The Hall–Kier alpha value is -1.62. The van der Waals surface area contributed by atoms with Gasteiger partial charge in [0, 0.05) is 38.0 Å². The molecule has 0 bridgehead atoms. The van der Waals surface area contributed by atoms with Gasteiger partial charge in [0.1, 0.15) is 0 Å². The fourth-order valence-corrected chi connectivity index (χ4v) is 1.48. The average Bonchev–Trinajstić information content (AvgIpc) is 2.58. The standard InChI is InChI=1S/C11H17N3O2/c1-3-10-9(8-14(2)13-10)7-12-6-4-5-11(15)16/h4-5,8,12H,3,6-7H2,1-2H3,(H,15,16)/b5-4+. The number of nitrogens with one attached hydrogen (secondary N) is 1. The van der Waals surface area contributed by atoms with E-state index in [1.165, 1.54) is 0 Å². The minimum atomic E-state index is -0.919. The summed E-state index contributed by atoms with van der Waals surface area (Å²) in [7, 11) is 1.90. The molecule has 0 amide bonds. The Labute approximate surface area is 94.8 Å². The second-order valence-electron chi connectivity index (χ2n) is 3.50. The van der Waals surface area contributed by atoms with Crippen LogP contribution < -0.4 is 5.32 Å². The van der Waals surface area contributed by atoms with Crippen molar-refractivity contribution in [1.82, 2.24) is 15.1 Å². The third-order valence-corrected chi connectivity index (χ3v) is 2.16. The van der Waals surface area contributed by atoms with E-state index in [0.717, 1.165) is 23.8 Å². The second-order valence-corrected chi connectivity index (χ2v) is 3.50. The lowest BCUT2D eigenvalue weighted by Gasteiger charge is -2.00. The molecule has 88 valence electrons. The van der Waals surface area contributed by atoms with E-state index < -0.39 is 5.97 Å². The van der Waals surface area contributed by atoms with Gasteiger partial charge >= 0.3 is 5.97 Å². The molecule has 1 heterocycles. The minimum Gasteiger partial charge on any atom is -0.478 e. The number of carboxylic acid groups (broad SMARTS) is 1. The zero-order chi connectivity index (χ0) is 12.0. The summed E-state index contributed by atoms with van der Waals surface area (Å²) in [6.45, 7) is 3.32. The Morgan fingerprint density at radius 3 is 3.06 bits per heavy atom. The van der Waals surface area contributed by atoms with Crippen molar-refractivity contribution in [2.75, 3.05) is 6.54 Å². The minimum absolute atomic E-state index is 0.546. The van der Waals surface area contributed by atoms with Gasteiger partial charge in [-0.2, -0.15) is 5.10 Å². The highest BCUT2D eigenvalue weighted by atomic mass is 16.4. The highest BCUT2D eigenvalue weighted by Crippen LogP contribution is 2.06. The molecule has 1 rings (SSSR count). The Balaban J connectivity index is 2.39. The summed E-state index contributed by atoms with van der Waals surface area (Å²) in [6, 6.07) is 0. The maximum atomic E-state index is 10.2. The van der Waals surface area contributed by atoms with Gasteiger partial charge in [0.15, 0.2) is 0 Å². The summed E-state index contributed by atoms with van der Waals surface area (Å²) in [5.41, 5.74) is 2.24. The van der Waals surface area contributed by atoms with E-state index >= 15 is 0 Å². The van der Waals surface area contributed by atoms with E-state index in [1.807, 2.05) is 13.2 Å². The number of aliphatic carboxylic acids is 1. The largest absolute Gasteiger partial charge is 0.478 e. The van der Waals surface area contributed by atoms with Gasteiger partial charge in [0.05, 0.1) is 5.69 Å². The maximum Gasteiger partial charge on any atom is 0.328 e. The highest BCUT2D eigenvalue weighted by Gasteiger charge is 2.03. The van der Waals surface area contributed by atoms with Crippen LogP contribution in [-0.4, -0.2) is 27.4 Å². The lowest BCUT2D eigenvalue weighted by molar-refractivity contribution is -0.131. The van der Waals surface area contributed by atoms with Crippen LogP contribution >= 0.6 is 0 Å². The molecule has 5 heteroatoms. The van der Waals surface area contributed by atoms with Crippen molar-refractivity contribution in [3.8, 4) is 0 Å². The van der Waals surface area contributed by atoms with Gasteiger partial charge in [-0.1, -0.05) is 13.0 Å². The fraction of sp³-hybridized carbons (Fsp3) is 0.455. The summed E-state index contributed by atoms with van der Waals surface area (Å²) in [5, 5.41) is 15.8. The molecule has 0 unspecified atom stereocenters. The van der Waals surface area contributed by atoms with E-state index in [0.29, 0.717) is 13.1 Å². The normalized spacial score (nSPS) is 11.1. The van der Waals surface area contributed by atoms with Crippen LogP contribution in [0.3, 0.4) is 0 Å². The van der Waals surface area contributed by atoms with Crippen molar-refractivity contribution >= 4 is 5.97 Å². The van der Waals surface area contributed by atoms with Crippen molar-refractivity contribution < 1.29 is 9.90 Å². The lowest BCUT2D eigenvalue weighted by atomic mass is 10.2. The summed E-state index contributed by atoms with van der Waals surface area (Å²) < 4.78 is 1.79. The number of aryl methyl sites for hydroxylation is 2. The highest BCUT2D eigenvalue weighted by molar-refractivity contribution is 5.79. The summed E-state index contributed by atoms with van der Waals surface area (Å²) in [4.78, 5) is 10.2. The smallest absolute Gasteiger partial charge is 0.328 e. The molecule has 16 heavy (non-hydrogen) atoms. The molecule has 0 aliphatic carbocycles. The number of nitrogens with zero attached hydrogens (tertiary/aromatic N) is 2. The molecule has 5 nitrogen and oxygen atoms in total. The molecule has 0 saturated carbocycles. The number of hydrogen-bond donors (Lipinski definition) is 2. The van der Waals surface area contributed by atoms with Crippen LogP contribution in [0.4, 0.5) is 0 Å². The first kappa shape index (κ1) is 12.4. The summed E-state index contributed by atoms with van der Waals surface area (Å²) in [6.07, 6.45) is 5.61. The lowest BCUT2D eigenvalue weighted by Crippen LogP contribution is -2.13. The van der Waals surface area contributed by atoms with Crippen LogP contribution in [0, 0.1) is 0 Å². The predicted octanol–water partition coefficient (Wildman–Crippen LogP) is 0.713. The zero-order valence-electron chi connectivity index (χ0n) is 9.60. The van der Waals surface area contributed by atoms with Gasteiger partial charge in [-0.05, 0) is 6.42 Å². The Morgan fingerprint density at radius 1 is 1.69 bits per heavy atom. The molecule has 0 aromatic carbocycles. The van der Waals surface area contributed by atoms with Crippen LogP contribution in [0.2, 0.25) is 0 Å². The first-order valence-corrected chi connectivity index (χ1v) is 5.25. The molecule has 0 aliphatic rings. The van der Waals surface area contributed by atoms with Crippen molar-refractivity contribution in [1.29, 1.82) is 0 Å². The summed E-state index contributed by atoms with van der Waals surface area (Å²) >= 11 is 0. The number of carboxylic acids is 1. The quantitative estimate of drug-likeness (QED) is 0.550. The molecular formula is C11H17N3O2. The van der Waals surface area contributed by atoms with E-state index in [9.17, 15) is 4.79 Å². The van der Waals surface area contributed by atoms with Crippen LogP contribution in [-0.2, 0) is 24.8 Å². The Kier molecular flexibility index (Phi) is 4.72. The first-order chi connectivity index (χ1) is 7.63. The topological polar surface area (TPSA) is 67.2 Å². The van der Waals surface area contributed by atoms with Gasteiger partial charge in [-0.3, -0.25) is 4.68 Å². The molecule has 0 radical (unpaired) electrons. The van der Waals surface area contributed by atoms with Crippen molar-refractivity contribution in [2.24, 2.45) is 7.05 Å². The predicted molar refractivity (Wildman–Crippen MR) is 61.1 cm³/mol. The van der Waals surface area contributed by atoms with E-state index in [4.69, 9.17) is 5.11 Å². The molecule has 0 atom stereocenters. The monoisotopic (exact) mass is 223 g/mol.